The summed E-state index contributed by atoms with van der Waals surface area (Å²) in [6, 6.07) is -0.813. The minimum absolute atomic E-state index is 0.132. The van der Waals surface area contributed by atoms with Crippen LogP contribution in [0.5, 0.6) is 0 Å². The molecule has 0 aromatic rings. The van der Waals surface area contributed by atoms with Crippen LogP contribution in [0.3, 0.4) is 0 Å². The zero-order chi connectivity index (χ0) is 14.0. The van der Waals surface area contributed by atoms with Gasteiger partial charge in [-0.25, -0.2) is 4.79 Å². The number of carbonyl (C=O) groups excluding carboxylic acids is 1. The fourth-order valence-corrected chi connectivity index (χ4v) is 5.87. The van der Waals surface area contributed by atoms with Crippen molar-refractivity contribution in [2.24, 2.45) is 0 Å². The van der Waals surface area contributed by atoms with Gasteiger partial charge >= 0.3 is 11.9 Å². The summed E-state index contributed by atoms with van der Waals surface area (Å²) in [5.41, 5.74) is 0. The van der Waals surface area contributed by atoms with E-state index in [9.17, 15) is 19.5 Å². The molecule has 19 heavy (non-hydrogen) atoms. The van der Waals surface area contributed by atoms with Gasteiger partial charge in [0, 0.05) is 23.5 Å². The summed E-state index contributed by atoms with van der Waals surface area (Å²) in [7, 11) is 3.37. The molecule has 1 unspecified atom stereocenters. The summed E-state index contributed by atoms with van der Waals surface area (Å²) >= 11 is 0. The molecule has 0 bridgehead atoms. The van der Waals surface area contributed by atoms with Crippen molar-refractivity contribution < 1.29 is 24.6 Å². The van der Waals surface area contributed by atoms with Gasteiger partial charge in [-0.2, -0.15) is 0 Å². The van der Waals surface area contributed by atoms with E-state index < -0.39 is 18.0 Å². The van der Waals surface area contributed by atoms with Gasteiger partial charge in [-0.15, -0.1) is 0 Å². The highest BCUT2D eigenvalue weighted by atomic mass is 33.1. The lowest BCUT2D eigenvalue weighted by molar-refractivity contribution is -0.148. The van der Waals surface area contributed by atoms with Crippen molar-refractivity contribution in [3.63, 3.8) is 0 Å². The summed E-state index contributed by atoms with van der Waals surface area (Å²) in [6.45, 7) is 0.417. The average molecular weight is 305 g/mol. The van der Waals surface area contributed by atoms with E-state index in [1.165, 1.54) is 4.90 Å². The number of rotatable bonds is 4. The molecule has 0 radical (unpaired) electrons. The van der Waals surface area contributed by atoms with E-state index in [-0.39, 0.29) is 23.5 Å². The van der Waals surface area contributed by atoms with Gasteiger partial charge in [0.1, 0.15) is 6.04 Å². The molecule has 0 aromatic heterocycles. The molecule has 1 amide bonds. The van der Waals surface area contributed by atoms with E-state index in [0.29, 0.717) is 13.0 Å². The minimum atomic E-state index is -1.04. The Bertz CT molecular complexity index is 408. The molecule has 2 rings (SSSR count). The molecule has 0 aliphatic carbocycles. The van der Waals surface area contributed by atoms with Crippen molar-refractivity contribution in [2.75, 3.05) is 12.3 Å². The number of likely N-dealkylation sites (tertiary alicyclic amines) is 1. The van der Waals surface area contributed by atoms with E-state index in [0.717, 1.165) is 12.2 Å². The number of amides is 1. The number of nitrogens with zero attached hydrogens (tertiary/aromatic N) is 1. The van der Waals surface area contributed by atoms with Crippen LogP contribution in [0.1, 0.15) is 25.7 Å². The molecule has 0 aromatic carbocycles. The summed E-state index contributed by atoms with van der Waals surface area (Å²) in [5.74, 6) is -1.45. The Kier molecular flexibility index (Phi) is 4.29. The second kappa shape index (κ2) is 5.62. The van der Waals surface area contributed by atoms with Crippen LogP contribution in [0.2, 0.25) is 0 Å². The Morgan fingerprint density at radius 2 is 2.00 bits per heavy atom. The molecule has 2 saturated heterocycles. The zero-order valence-electron chi connectivity index (χ0n) is 10.2. The van der Waals surface area contributed by atoms with Gasteiger partial charge in [0.2, 0.25) is 5.91 Å². The van der Waals surface area contributed by atoms with Gasteiger partial charge in [0.15, 0.2) is 0 Å². The standard InChI is InChI=1S/C11H15NO5S2/c13-8(1-2-9(14)15)12-6-11(3-4-18-19-11)5-7(12)10(16)17/h7H,1-6H2,(H,14,15)(H,16,17)/t7-,11?/m0/s1. The Balaban J connectivity index is 2.06. The lowest BCUT2D eigenvalue weighted by Crippen LogP contribution is -2.41. The molecule has 2 N–H and O–H groups in total. The fraction of sp³-hybridized carbons (Fsp3) is 0.727. The third-order valence-electron chi connectivity index (χ3n) is 3.43. The molecule has 106 valence electrons. The Labute approximate surface area is 118 Å². The normalized spacial score (nSPS) is 29.9. The maximum Gasteiger partial charge on any atom is 0.326 e. The third kappa shape index (κ3) is 3.17. The van der Waals surface area contributed by atoms with Gasteiger partial charge in [-0.3, -0.25) is 9.59 Å². The number of aliphatic carboxylic acids is 2. The first kappa shape index (κ1) is 14.5. The van der Waals surface area contributed by atoms with Crippen molar-refractivity contribution in [3.05, 3.63) is 0 Å². The van der Waals surface area contributed by atoms with Crippen LogP contribution in [-0.4, -0.2) is 56.0 Å². The van der Waals surface area contributed by atoms with Crippen LogP contribution in [0.15, 0.2) is 0 Å². The SMILES string of the molecule is O=C(O)CCC(=O)N1CC2(CCSS2)C[C@H]1C(=O)O. The first-order valence-corrected chi connectivity index (χ1v) is 8.30. The molecule has 1 spiro atoms. The second-order valence-electron chi connectivity index (χ2n) is 4.81. The molecule has 2 fully saturated rings. The Hall–Kier alpha value is -0.890. The fourth-order valence-electron chi connectivity index (χ4n) is 2.47. The highest BCUT2D eigenvalue weighted by Gasteiger charge is 2.50. The van der Waals surface area contributed by atoms with Gasteiger partial charge in [-0.1, -0.05) is 21.6 Å². The van der Waals surface area contributed by atoms with Crippen molar-refractivity contribution in [2.45, 2.75) is 36.5 Å². The zero-order valence-corrected chi connectivity index (χ0v) is 11.8. The monoisotopic (exact) mass is 305 g/mol. The van der Waals surface area contributed by atoms with Gasteiger partial charge in [0.25, 0.3) is 0 Å². The minimum Gasteiger partial charge on any atom is -0.481 e. The molecule has 2 aliphatic heterocycles. The molecule has 2 heterocycles. The summed E-state index contributed by atoms with van der Waals surface area (Å²) in [4.78, 5) is 35.1. The van der Waals surface area contributed by atoms with Crippen molar-refractivity contribution >= 4 is 39.4 Å². The van der Waals surface area contributed by atoms with Crippen LogP contribution in [0.4, 0.5) is 0 Å². The highest BCUT2D eigenvalue weighted by Crippen LogP contribution is 2.53. The number of carboxylic acids is 2. The average Bonchev–Trinajstić information content (AvgIpc) is 2.94. The second-order valence-corrected chi connectivity index (χ2v) is 7.70. The maximum atomic E-state index is 12.0. The number of carbonyl (C=O) groups is 3. The Morgan fingerprint density at radius 3 is 2.53 bits per heavy atom. The van der Waals surface area contributed by atoms with Crippen LogP contribution in [0, 0.1) is 0 Å². The van der Waals surface area contributed by atoms with Crippen LogP contribution in [0.25, 0.3) is 0 Å². The van der Waals surface area contributed by atoms with Crippen LogP contribution in [-0.2, 0) is 14.4 Å². The van der Waals surface area contributed by atoms with E-state index in [1.807, 2.05) is 0 Å². The van der Waals surface area contributed by atoms with Crippen LogP contribution >= 0.6 is 21.6 Å². The first-order chi connectivity index (χ1) is 8.93. The van der Waals surface area contributed by atoms with E-state index in [2.05, 4.69) is 0 Å². The van der Waals surface area contributed by atoms with Gasteiger partial charge < -0.3 is 15.1 Å². The van der Waals surface area contributed by atoms with Crippen LogP contribution < -0.4 is 0 Å². The highest BCUT2D eigenvalue weighted by molar-refractivity contribution is 8.77. The maximum absolute atomic E-state index is 12.0. The smallest absolute Gasteiger partial charge is 0.326 e. The lowest BCUT2D eigenvalue weighted by atomic mass is 10.0. The number of hydrogen-bond donors (Lipinski definition) is 2. The summed E-state index contributed by atoms with van der Waals surface area (Å²) in [6.07, 6.45) is 0.969. The van der Waals surface area contributed by atoms with Crippen molar-refractivity contribution in [3.8, 4) is 0 Å². The number of carboxylic acid groups (broad SMARTS) is 2. The molecule has 2 atom stereocenters. The topological polar surface area (TPSA) is 94.9 Å². The molecule has 8 heteroatoms. The van der Waals surface area contributed by atoms with Gasteiger partial charge in [0.05, 0.1) is 6.42 Å². The first-order valence-electron chi connectivity index (χ1n) is 5.98. The largest absolute Gasteiger partial charge is 0.481 e. The van der Waals surface area contributed by atoms with E-state index in [1.54, 1.807) is 21.6 Å². The predicted octanol–water partition coefficient (Wildman–Crippen LogP) is 1.06. The van der Waals surface area contributed by atoms with Crippen molar-refractivity contribution in [1.82, 2.24) is 4.90 Å². The molecule has 2 aliphatic rings. The van der Waals surface area contributed by atoms with E-state index in [4.69, 9.17) is 5.11 Å². The Morgan fingerprint density at radius 1 is 1.26 bits per heavy atom. The predicted molar refractivity (Wildman–Crippen MR) is 72.0 cm³/mol. The molecular weight excluding hydrogens is 290 g/mol. The quantitative estimate of drug-likeness (QED) is 0.750. The van der Waals surface area contributed by atoms with Crippen molar-refractivity contribution in [1.29, 1.82) is 0 Å². The molecule has 6 nitrogen and oxygen atoms in total. The number of hydrogen-bond acceptors (Lipinski definition) is 5. The molecule has 0 saturated carbocycles. The summed E-state index contributed by atoms with van der Waals surface area (Å²) < 4.78 is -0.160. The molecular formula is C11H15NO5S2. The van der Waals surface area contributed by atoms with E-state index >= 15 is 0 Å². The lowest BCUT2D eigenvalue weighted by Gasteiger charge is -2.22. The van der Waals surface area contributed by atoms with Gasteiger partial charge in [-0.05, 0) is 12.8 Å². The third-order valence-corrected chi connectivity index (χ3v) is 6.69. The summed E-state index contributed by atoms with van der Waals surface area (Å²) in [5, 5.41) is 17.8.